The van der Waals surface area contributed by atoms with Gasteiger partial charge in [0.2, 0.25) is 0 Å². The minimum absolute atomic E-state index is 0.0548. The predicted molar refractivity (Wildman–Crippen MR) is 99.9 cm³/mol. The van der Waals surface area contributed by atoms with Crippen LogP contribution >= 0.6 is 23.1 Å². The van der Waals surface area contributed by atoms with Crippen molar-refractivity contribution in [1.29, 1.82) is 0 Å². The number of carbonyl (C=O) groups excluding carboxylic acids is 2. The Balaban J connectivity index is 1.78. The van der Waals surface area contributed by atoms with Crippen LogP contribution in [0, 0.1) is 0 Å². The largest absolute Gasteiger partial charge is 0.478 e. The summed E-state index contributed by atoms with van der Waals surface area (Å²) in [6.45, 7) is 3.63. The molecule has 3 atom stereocenters. The molecule has 1 aromatic rings. The number of rotatable bonds is 6. The molecule has 0 aromatic carbocycles. The second-order valence-corrected chi connectivity index (χ2v) is 7.78. The van der Waals surface area contributed by atoms with E-state index < -0.39 is 34.4 Å². The number of nitrogens with two attached hydrogens (primary N) is 1. The first-order chi connectivity index (χ1) is 12.9. The van der Waals surface area contributed by atoms with Crippen LogP contribution in [0.15, 0.2) is 35.8 Å². The molecule has 1 aromatic heterocycles. The zero-order chi connectivity index (χ0) is 19.7. The molecule has 0 spiro atoms. The van der Waals surface area contributed by atoms with E-state index in [0.29, 0.717) is 4.88 Å². The monoisotopic (exact) mass is 409 g/mol. The number of carboxylic acids is 1. The van der Waals surface area contributed by atoms with E-state index >= 15 is 0 Å². The van der Waals surface area contributed by atoms with Crippen molar-refractivity contribution in [2.75, 3.05) is 12.8 Å². The molecule has 3 rings (SSSR count). The molecule has 0 aliphatic carbocycles. The predicted octanol–water partition coefficient (Wildman–Crippen LogP) is -0.00120. The number of oxime groups is 1. The van der Waals surface area contributed by atoms with Crippen molar-refractivity contribution < 1.29 is 24.3 Å². The van der Waals surface area contributed by atoms with Crippen LogP contribution in [-0.2, 0) is 19.2 Å². The number of nitrogen functional groups attached to an aromatic ring is 1. The molecule has 1 saturated heterocycles. The number of fused-ring (bicyclic) bond motifs is 1. The highest BCUT2D eigenvalue weighted by atomic mass is 32.2. The number of thioether (sulfide) groups is 1. The fourth-order valence-corrected chi connectivity index (χ4v) is 4.62. The minimum Gasteiger partial charge on any atom is -0.478 e. The summed E-state index contributed by atoms with van der Waals surface area (Å²) in [4.78, 5) is 46.5. The third-order valence-electron chi connectivity index (χ3n) is 3.85. The highest BCUT2D eigenvalue weighted by molar-refractivity contribution is 8.01. The van der Waals surface area contributed by atoms with Gasteiger partial charge in [-0.05, 0) is 0 Å². The Bertz CT molecular complexity index is 880. The molecule has 2 aliphatic heterocycles. The second kappa shape index (κ2) is 7.40. The lowest BCUT2D eigenvalue weighted by Crippen LogP contribution is -2.69. The van der Waals surface area contributed by atoms with E-state index in [9.17, 15) is 19.5 Å². The molecule has 10 nitrogen and oxygen atoms in total. The number of nitrogens with one attached hydrogen (secondary N) is 1. The number of aromatic nitrogens is 1. The van der Waals surface area contributed by atoms with Crippen LogP contribution in [0.2, 0.25) is 0 Å². The number of β-lactam (4-membered cyclic amide) rings is 1. The number of carbonyl (C=O) groups is 3. The molecular weight excluding hydrogens is 394 g/mol. The molecule has 2 aliphatic rings. The first-order valence-electron chi connectivity index (χ1n) is 7.56. The Morgan fingerprint density at radius 3 is 2.85 bits per heavy atom. The number of amides is 2. The maximum Gasteiger partial charge on any atom is 0.334 e. The molecule has 12 heteroatoms. The maximum atomic E-state index is 12.6. The van der Waals surface area contributed by atoms with E-state index in [-0.39, 0.29) is 16.4 Å². The van der Waals surface area contributed by atoms with Gasteiger partial charge in [0.05, 0.1) is 15.7 Å². The van der Waals surface area contributed by atoms with Crippen molar-refractivity contribution in [2.45, 2.75) is 16.7 Å². The Labute approximate surface area is 161 Å². The fourth-order valence-electron chi connectivity index (χ4n) is 2.60. The highest BCUT2D eigenvalue weighted by Gasteiger charge is 2.52. The molecular formula is C15H15N5O5S2. The zero-order valence-electron chi connectivity index (χ0n) is 14.0. The lowest BCUT2D eigenvalue weighted by Gasteiger charge is -2.48. The SMILES string of the molecule is C=CC1S[C@@H]2C(NC(=O)C(=NOC)c3cnc(N)s3)C(=O)N2C=C1C(=O)O. The van der Waals surface area contributed by atoms with E-state index in [1.807, 2.05) is 0 Å². The summed E-state index contributed by atoms with van der Waals surface area (Å²) < 4.78 is 0. The number of hydrogen-bond donors (Lipinski definition) is 3. The third-order valence-corrected chi connectivity index (χ3v) is 6.20. The fraction of sp³-hybridized carbons (Fsp3) is 0.267. The molecule has 2 amide bonds. The molecule has 4 N–H and O–H groups in total. The van der Waals surface area contributed by atoms with Crippen LogP contribution in [0.3, 0.4) is 0 Å². The number of aliphatic carboxylic acids is 1. The van der Waals surface area contributed by atoms with Crippen molar-refractivity contribution >= 4 is 51.7 Å². The molecule has 3 heterocycles. The van der Waals surface area contributed by atoms with Gasteiger partial charge in [-0.1, -0.05) is 22.6 Å². The van der Waals surface area contributed by atoms with E-state index in [4.69, 9.17) is 10.6 Å². The number of hydrogen-bond acceptors (Lipinski definition) is 9. The van der Waals surface area contributed by atoms with Crippen LogP contribution in [0.5, 0.6) is 0 Å². The summed E-state index contributed by atoms with van der Waals surface area (Å²) in [5.41, 5.74) is 5.59. The standard InChI is InChI=1S/C15H15N5O5S2/c1-3-7-6(14(23)24)5-20-12(22)10(13(20)26-7)18-11(21)9(19-25-2)8-4-17-15(16)27-8/h3-5,7,10,13H,1H2,2H3,(H2,16,17)(H,18,21)(H,23,24)/t7?,10?,13-/m1/s1. The van der Waals surface area contributed by atoms with E-state index in [1.165, 1.54) is 42.2 Å². The van der Waals surface area contributed by atoms with Crippen molar-refractivity contribution in [3.05, 3.63) is 35.5 Å². The van der Waals surface area contributed by atoms with Gasteiger partial charge < -0.3 is 25.9 Å². The Morgan fingerprint density at radius 2 is 2.30 bits per heavy atom. The third kappa shape index (κ3) is 3.40. The minimum atomic E-state index is -1.12. The lowest BCUT2D eigenvalue weighted by molar-refractivity contribution is -0.144. The second-order valence-electron chi connectivity index (χ2n) is 5.45. The molecule has 2 unspecified atom stereocenters. The van der Waals surface area contributed by atoms with Crippen LogP contribution < -0.4 is 11.1 Å². The summed E-state index contributed by atoms with van der Waals surface area (Å²) >= 11 is 2.27. The van der Waals surface area contributed by atoms with Gasteiger partial charge in [0.15, 0.2) is 10.8 Å². The quantitative estimate of drug-likeness (QED) is 0.257. The smallest absolute Gasteiger partial charge is 0.334 e. The van der Waals surface area contributed by atoms with Crippen molar-refractivity contribution in [3.63, 3.8) is 0 Å². The summed E-state index contributed by atoms with van der Waals surface area (Å²) in [5, 5.41) is 14.9. The average molecular weight is 409 g/mol. The Kier molecular flexibility index (Phi) is 5.19. The van der Waals surface area contributed by atoms with Crippen LogP contribution in [0.1, 0.15) is 4.88 Å². The lowest BCUT2D eigenvalue weighted by atomic mass is 10.1. The molecule has 0 saturated carbocycles. The normalized spacial score (nSPS) is 24.4. The number of anilines is 1. The summed E-state index contributed by atoms with van der Waals surface area (Å²) in [6.07, 6.45) is 4.16. The topological polar surface area (TPSA) is 147 Å². The summed E-state index contributed by atoms with van der Waals surface area (Å²) in [7, 11) is 1.29. The van der Waals surface area contributed by atoms with Gasteiger partial charge >= 0.3 is 5.97 Å². The summed E-state index contributed by atoms with van der Waals surface area (Å²) in [5.74, 6) is -2.16. The number of carboxylic acid groups (broad SMARTS) is 1. The van der Waals surface area contributed by atoms with E-state index in [2.05, 4.69) is 22.0 Å². The van der Waals surface area contributed by atoms with Gasteiger partial charge in [0.25, 0.3) is 11.8 Å². The van der Waals surface area contributed by atoms with Gasteiger partial charge in [0.1, 0.15) is 18.5 Å². The van der Waals surface area contributed by atoms with Gasteiger partial charge in [-0.25, -0.2) is 9.78 Å². The first kappa shape index (κ1) is 18.9. The number of nitrogens with zero attached hydrogens (tertiary/aromatic N) is 3. The van der Waals surface area contributed by atoms with Gasteiger partial charge in [-0.15, -0.1) is 18.3 Å². The maximum absolute atomic E-state index is 12.6. The molecule has 0 bridgehead atoms. The summed E-state index contributed by atoms with van der Waals surface area (Å²) in [6, 6.07) is -0.830. The van der Waals surface area contributed by atoms with E-state index in [0.717, 1.165) is 11.3 Å². The van der Waals surface area contributed by atoms with Gasteiger partial charge in [0, 0.05) is 12.4 Å². The molecule has 1 fully saturated rings. The van der Waals surface area contributed by atoms with E-state index in [1.54, 1.807) is 0 Å². The van der Waals surface area contributed by atoms with Gasteiger partial charge in [-0.3, -0.25) is 9.59 Å². The highest BCUT2D eigenvalue weighted by Crippen LogP contribution is 2.41. The van der Waals surface area contributed by atoms with Crippen molar-refractivity contribution in [2.24, 2.45) is 5.16 Å². The molecule has 142 valence electrons. The van der Waals surface area contributed by atoms with Crippen LogP contribution in [0.25, 0.3) is 0 Å². The molecule has 0 radical (unpaired) electrons. The van der Waals surface area contributed by atoms with Gasteiger partial charge in [-0.2, -0.15) is 0 Å². The average Bonchev–Trinajstić information content (AvgIpc) is 3.08. The van der Waals surface area contributed by atoms with Crippen molar-refractivity contribution in [1.82, 2.24) is 15.2 Å². The van der Waals surface area contributed by atoms with Crippen LogP contribution in [0.4, 0.5) is 5.13 Å². The Hall–Kier alpha value is -2.86. The molecule has 27 heavy (non-hydrogen) atoms. The van der Waals surface area contributed by atoms with Crippen molar-refractivity contribution in [3.8, 4) is 0 Å². The Morgan fingerprint density at radius 1 is 1.56 bits per heavy atom. The van der Waals surface area contributed by atoms with Crippen LogP contribution in [-0.4, -0.2) is 62.3 Å². The number of thiazole rings is 1. The first-order valence-corrected chi connectivity index (χ1v) is 9.32. The zero-order valence-corrected chi connectivity index (χ0v) is 15.6.